The zero-order chi connectivity index (χ0) is 26.9. The molecule has 2 aromatic carbocycles. The van der Waals surface area contributed by atoms with Crippen molar-refractivity contribution in [3.63, 3.8) is 0 Å². The summed E-state index contributed by atoms with van der Waals surface area (Å²) in [5, 5.41) is 0. The van der Waals surface area contributed by atoms with Crippen LogP contribution in [0.1, 0.15) is 149 Å². The van der Waals surface area contributed by atoms with Crippen LogP contribution in [0.5, 0.6) is 0 Å². The Hall–Kier alpha value is -2.15. The smallest absolute Gasteiger partial charge is 0.163 e. The van der Waals surface area contributed by atoms with Crippen molar-refractivity contribution in [3.05, 3.63) is 76.4 Å². The predicted octanol–water partition coefficient (Wildman–Crippen LogP) is 11.0. The number of Topliss-reactive ketones (excluding diaryl/α,β-unsaturated/α-hetero) is 1. The Kier molecular flexibility index (Phi) is 15.2. The van der Waals surface area contributed by atoms with Crippen LogP contribution in [0.2, 0.25) is 0 Å². The Morgan fingerprint density at radius 2 is 1.22 bits per heavy atom. The van der Waals surface area contributed by atoms with Crippen molar-refractivity contribution < 1.29 is 4.79 Å². The van der Waals surface area contributed by atoms with Crippen LogP contribution in [-0.2, 0) is 19.3 Å². The molecule has 0 radical (unpaired) electrons. The molecule has 0 unspecified atom stereocenters. The Labute approximate surface area is 229 Å². The summed E-state index contributed by atoms with van der Waals surface area (Å²) < 4.78 is 0. The molecule has 0 saturated heterocycles. The lowest BCUT2D eigenvalue weighted by molar-refractivity contribution is 0.0978. The van der Waals surface area contributed by atoms with Gasteiger partial charge in [0.25, 0.3) is 0 Å². The molecule has 0 aliphatic carbocycles. The van der Waals surface area contributed by atoms with Crippen molar-refractivity contribution in [2.24, 2.45) is 0 Å². The molecule has 2 aromatic rings. The third kappa shape index (κ3) is 11.4. The van der Waals surface area contributed by atoms with E-state index in [1.165, 1.54) is 104 Å². The standard InChI is InChI=1S/C36H54O/c1-6-9-15-20-32-27-29(4)23-25-34(32)30(5)19-17-13-11-12-14-18-22-36(37)35-26-24-31(8-3)28-33(35)21-16-10-7-2/h23-28H,5-22H2,1-4H3. The number of ketones is 1. The molecule has 0 atom stereocenters. The topological polar surface area (TPSA) is 17.1 Å². The number of hydrogen-bond acceptors (Lipinski definition) is 1. The van der Waals surface area contributed by atoms with Gasteiger partial charge in [0.2, 0.25) is 0 Å². The van der Waals surface area contributed by atoms with Crippen molar-refractivity contribution in [1.82, 2.24) is 0 Å². The fourth-order valence-corrected chi connectivity index (χ4v) is 5.35. The van der Waals surface area contributed by atoms with Gasteiger partial charge in [-0.15, -0.1) is 0 Å². The van der Waals surface area contributed by atoms with Crippen molar-refractivity contribution in [2.45, 2.75) is 137 Å². The van der Waals surface area contributed by atoms with E-state index < -0.39 is 0 Å². The van der Waals surface area contributed by atoms with Gasteiger partial charge in [-0.05, 0) is 86.1 Å². The summed E-state index contributed by atoms with van der Waals surface area (Å²) >= 11 is 0. The van der Waals surface area contributed by atoms with Crippen molar-refractivity contribution in [2.75, 3.05) is 0 Å². The van der Waals surface area contributed by atoms with Crippen LogP contribution in [0.25, 0.3) is 5.57 Å². The Bertz CT molecular complexity index is 951. The van der Waals surface area contributed by atoms with E-state index in [2.05, 4.69) is 70.7 Å². The lowest BCUT2D eigenvalue weighted by atomic mass is 9.92. The molecule has 0 aromatic heterocycles. The van der Waals surface area contributed by atoms with Gasteiger partial charge in [0.05, 0.1) is 0 Å². The first-order valence-corrected chi connectivity index (χ1v) is 15.4. The minimum atomic E-state index is 0.346. The van der Waals surface area contributed by atoms with Gasteiger partial charge in [-0.3, -0.25) is 4.79 Å². The quantitative estimate of drug-likeness (QED) is 0.130. The summed E-state index contributed by atoms with van der Waals surface area (Å²) in [5.41, 5.74) is 9.15. The van der Waals surface area contributed by atoms with E-state index in [0.29, 0.717) is 12.2 Å². The maximum absolute atomic E-state index is 13.0. The maximum atomic E-state index is 13.0. The Morgan fingerprint density at radius 1 is 0.649 bits per heavy atom. The second kappa shape index (κ2) is 18.2. The normalized spacial score (nSPS) is 11.1. The summed E-state index contributed by atoms with van der Waals surface area (Å²) in [4.78, 5) is 13.0. The van der Waals surface area contributed by atoms with E-state index in [-0.39, 0.29) is 0 Å². The lowest BCUT2D eigenvalue weighted by Gasteiger charge is -2.13. The number of carbonyl (C=O) groups excluding carboxylic acids is 1. The highest BCUT2D eigenvalue weighted by Gasteiger charge is 2.12. The number of carbonyl (C=O) groups is 1. The van der Waals surface area contributed by atoms with Gasteiger partial charge in [-0.1, -0.05) is 121 Å². The van der Waals surface area contributed by atoms with Gasteiger partial charge in [0.1, 0.15) is 0 Å². The van der Waals surface area contributed by atoms with E-state index in [1.54, 1.807) is 0 Å². The third-order valence-electron chi connectivity index (χ3n) is 7.75. The minimum Gasteiger partial charge on any atom is -0.294 e. The van der Waals surface area contributed by atoms with Gasteiger partial charge in [0, 0.05) is 12.0 Å². The molecule has 1 nitrogen and oxygen atoms in total. The van der Waals surface area contributed by atoms with Crippen molar-refractivity contribution in [1.29, 1.82) is 0 Å². The molecule has 0 amide bonds. The zero-order valence-corrected chi connectivity index (χ0v) is 24.6. The van der Waals surface area contributed by atoms with Crippen LogP contribution in [-0.4, -0.2) is 5.78 Å². The summed E-state index contributed by atoms with van der Waals surface area (Å²) in [7, 11) is 0. The number of allylic oxidation sites excluding steroid dienone is 1. The van der Waals surface area contributed by atoms with Crippen molar-refractivity contribution in [3.8, 4) is 0 Å². The molecule has 0 N–H and O–H groups in total. The largest absolute Gasteiger partial charge is 0.294 e. The second-order valence-electron chi connectivity index (χ2n) is 11.1. The third-order valence-corrected chi connectivity index (χ3v) is 7.75. The Morgan fingerprint density at radius 3 is 1.84 bits per heavy atom. The number of benzene rings is 2. The van der Waals surface area contributed by atoms with E-state index in [1.807, 2.05) is 0 Å². The average Bonchev–Trinajstić information content (AvgIpc) is 2.90. The number of aryl methyl sites for hydroxylation is 4. The molecule has 0 bridgehead atoms. The molecule has 0 aliphatic rings. The van der Waals surface area contributed by atoms with E-state index >= 15 is 0 Å². The molecule has 0 saturated carbocycles. The SMILES string of the molecule is C=C(CCCCCCCCC(=O)c1ccc(CC)cc1CCCCC)c1ccc(C)cc1CCCCC. The highest BCUT2D eigenvalue weighted by Crippen LogP contribution is 2.26. The first-order valence-electron chi connectivity index (χ1n) is 15.4. The molecule has 204 valence electrons. The second-order valence-corrected chi connectivity index (χ2v) is 11.1. The van der Waals surface area contributed by atoms with E-state index in [0.717, 1.165) is 37.7 Å². The zero-order valence-electron chi connectivity index (χ0n) is 24.6. The van der Waals surface area contributed by atoms with Crippen LogP contribution < -0.4 is 0 Å². The van der Waals surface area contributed by atoms with Gasteiger partial charge in [-0.2, -0.15) is 0 Å². The van der Waals surface area contributed by atoms with Gasteiger partial charge in [0.15, 0.2) is 5.78 Å². The molecular weight excluding hydrogens is 448 g/mol. The highest BCUT2D eigenvalue weighted by atomic mass is 16.1. The van der Waals surface area contributed by atoms with Gasteiger partial charge in [-0.25, -0.2) is 0 Å². The molecule has 0 aliphatic heterocycles. The summed E-state index contributed by atoms with van der Waals surface area (Å²) in [6.45, 7) is 13.3. The highest BCUT2D eigenvalue weighted by molar-refractivity contribution is 5.97. The maximum Gasteiger partial charge on any atom is 0.163 e. The molecule has 0 fully saturated rings. The Balaban J connectivity index is 1.69. The summed E-state index contributed by atoms with van der Waals surface area (Å²) in [5.74, 6) is 0.346. The van der Waals surface area contributed by atoms with Crippen molar-refractivity contribution >= 4 is 11.4 Å². The van der Waals surface area contributed by atoms with Gasteiger partial charge < -0.3 is 0 Å². The van der Waals surface area contributed by atoms with Gasteiger partial charge >= 0.3 is 0 Å². The van der Waals surface area contributed by atoms with Crippen LogP contribution in [0.3, 0.4) is 0 Å². The van der Waals surface area contributed by atoms with E-state index in [9.17, 15) is 4.79 Å². The van der Waals surface area contributed by atoms with Crippen LogP contribution in [0, 0.1) is 6.92 Å². The fourth-order valence-electron chi connectivity index (χ4n) is 5.35. The first-order chi connectivity index (χ1) is 18.0. The van der Waals surface area contributed by atoms with Crippen LogP contribution in [0.4, 0.5) is 0 Å². The monoisotopic (exact) mass is 502 g/mol. The first kappa shape index (κ1) is 31.1. The summed E-state index contributed by atoms with van der Waals surface area (Å²) in [6.07, 6.45) is 19.6. The molecular formula is C36H54O. The number of unbranched alkanes of at least 4 members (excludes halogenated alkanes) is 9. The molecule has 2 rings (SSSR count). The molecule has 37 heavy (non-hydrogen) atoms. The number of rotatable bonds is 20. The van der Waals surface area contributed by atoms with Crippen LogP contribution >= 0.6 is 0 Å². The molecule has 0 spiro atoms. The minimum absolute atomic E-state index is 0.346. The number of hydrogen-bond donors (Lipinski definition) is 0. The molecule has 1 heteroatoms. The molecule has 0 heterocycles. The van der Waals surface area contributed by atoms with Crippen LogP contribution in [0.15, 0.2) is 43.0 Å². The average molecular weight is 503 g/mol. The lowest BCUT2D eigenvalue weighted by Crippen LogP contribution is -2.05. The fraction of sp³-hybridized carbons (Fsp3) is 0.583. The predicted molar refractivity (Wildman–Crippen MR) is 164 cm³/mol. The van der Waals surface area contributed by atoms with E-state index in [4.69, 9.17) is 0 Å². The summed E-state index contributed by atoms with van der Waals surface area (Å²) in [6, 6.07) is 13.4.